The summed E-state index contributed by atoms with van der Waals surface area (Å²) < 4.78 is 38.3. The van der Waals surface area contributed by atoms with Crippen LogP contribution in [0.25, 0.3) is 5.69 Å². The number of hydrogen-bond acceptors (Lipinski definition) is 4. The minimum Gasteiger partial charge on any atom is -0.271 e. The number of hydrogen-bond donors (Lipinski definition) is 2. The van der Waals surface area contributed by atoms with Crippen molar-refractivity contribution in [3.05, 3.63) is 36.7 Å². The van der Waals surface area contributed by atoms with Crippen molar-refractivity contribution < 1.29 is 12.8 Å². The zero-order valence-electron chi connectivity index (χ0n) is 8.41. The van der Waals surface area contributed by atoms with Gasteiger partial charge < -0.3 is 0 Å². The van der Waals surface area contributed by atoms with E-state index >= 15 is 0 Å². The van der Waals surface area contributed by atoms with Gasteiger partial charge in [-0.1, -0.05) is 0 Å². The summed E-state index contributed by atoms with van der Waals surface area (Å²) in [6, 6.07) is 3.73. The van der Waals surface area contributed by atoms with Crippen LogP contribution in [-0.2, 0) is 10.2 Å². The summed E-state index contributed by atoms with van der Waals surface area (Å²) in [5.41, 5.74) is 0.191. The average Bonchev–Trinajstić information content (AvgIpc) is 2.68. The first-order valence-corrected chi connectivity index (χ1v) is 5.95. The van der Waals surface area contributed by atoms with Crippen molar-refractivity contribution in [1.82, 2.24) is 14.8 Å². The highest BCUT2D eigenvalue weighted by Gasteiger charge is 2.08. The molecule has 1 heterocycles. The molecule has 9 heteroatoms. The second-order valence-electron chi connectivity index (χ2n) is 3.15. The fraction of sp³-hybridized carbons (Fsp3) is 0. The Bertz CT molecular complexity index is 625. The molecule has 0 saturated heterocycles. The topological polar surface area (TPSA) is 103 Å². The summed E-state index contributed by atoms with van der Waals surface area (Å²) in [6.45, 7) is 0. The van der Waals surface area contributed by atoms with E-state index in [0.717, 1.165) is 6.07 Å². The number of nitrogens with zero attached hydrogens (tertiary/aromatic N) is 3. The monoisotopic (exact) mass is 257 g/mol. The molecule has 90 valence electrons. The molecule has 0 bridgehead atoms. The lowest BCUT2D eigenvalue weighted by Gasteiger charge is -2.06. The van der Waals surface area contributed by atoms with E-state index in [4.69, 9.17) is 5.14 Å². The molecule has 0 saturated carbocycles. The second kappa shape index (κ2) is 4.11. The fourth-order valence-corrected chi connectivity index (χ4v) is 1.71. The van der Waals surface area contributed by atoms with Crippen molar-refractivity contribution in [1.29, 1.82) is 0 Å². The van der Waals surface area contributed by atoms with Gasteiger partial charge in [0.2, 0.25) is 0 Å². The first-order valence-electron chi connectivity index (χ1n) is 4.41. The molecule has 0 radical (unpaired) electrons. The second-order valence-corrected chi connectivity index (χ2v) is 4.45. The molecule has 3 N–H and O–H groups in total. The van der Waals surface area contributed by atoms with E-state index in [1.54, 1.807) is 0 Å². The lowest BCUT2D eigenvalue weighted by atomic mass is 10.3. The van der Waals surface area contributed by atoms with Gasteiger partial charge in [-0.25, -0.2) is 19.2 Å². The van der Waals surface area contributed by atoms with Crippen LogP contribution >= 0.6 is 0 Å². The maximum absolute atomic E-state index is 13.6. The van der Waals surface area contributed by atoms with Crippen LogP contribution in [0.1, 0.15) is 0 Å². The minimum absolute atomic E-state index is 0.0360. The number of benzene rings is 1. The Hall–Kier alpha value is -2.00. The number of nitrogens with one attached hydrogen (secondary N) is 1. The van der Waals surface area contributed by atoms with Crippen molar-refractivity contribution in [2.45, 2.75) is 0 Å². The van der Waals surface area contributed by atoms with Gasteiger partial charge in [-0.15, -0.1) is 0 Å². The summed E-state index contributed by atoms with van der Waals surface area (Å²) in [5.74, 6) is -0.649. The Morgan fingerprint density at radius 1 is 1.41 bits per heavy atom. The molecule has 1 aromatic heterocycles. The molecule has 0 aliphatic carbocycles. The van der Waals surface area contributed by atoms with Crippen molar-refractivity contribution in [2.75, 3.05) is 4.72 Å². The minimum atomic E-state index is -3.91. The normalized spacial score (nSPS) is 11.4. The number of halogens is 1. The Morgan fingerprint density at radius 3 is 2.71 bits per heavy atom. The molecule has 2 aromatic rings. The predicted octanol–water partition coefficient (Wildman–Crippen LogP) is 0.0218. The molecule has 0 atom stereocenters. The average molecular weight is 257 g/mol. The van der Waals surface area contributed by atoms with E-state index in [-0.39, 0.29) is 11.4 Å². The third-order valence-corrected chi connectivity index (χ3v) is 2.39. The Labute approximate surface area is 96.3 Å². The van der Waals surface area contributed by atoms with Crippen LogP contribution in [0, 0.1) is 5.82 Å². The largest absolute Gasteiger partial charge is 0.296 e. The molecule has 2 rings (SSSR count). The van der Waals surface area contributed by atoms with Gasteiger partial charge in [0.1, 0.15) is 18.3 Å². The molecule has 0 unspecified atom stereocenters. The van der Waals surface area contributed by atoms with Gasteiger partial charge in [-0.05, 0) is 12.1 Å². The summed E-state index contributed by atoms with van der Waals surface area (Å²) in [6.07, 6.45) is 2.58. The van der Waals surface area contributed by atoms with E-state index < -0.39 is 16.0 Å². The first-order chi connectivity index (χ1) is 7.96. The van der Waals surface area contributed by atoms with Crippen molar-refractivity contribution >= 4 is 15.9 Å². The number of aromatic nitrogens is 3. The number of rotatable bonds is 3. The van der Waals surface area contributed by atoms with E-state index in [1.165, 1.54) is 29.5 Å². The fourth-order valence-electron chi connectivity index (χ4n) is 1.25. The highest BCUT2D eigenvalue weighted by molar-refractivity contribution is 7.90. The van der Waals surface area contributed by atoms with Crippen LogP contribution in [0.15, 0.2) is 30.9 Å². The molecule has 0 spiro atoms. The molecule has 0 amide bonds. The standard InChI is InChI=1S/C8H8FN5O2S/c9-7-3-6(13-17(10,15)16)1-2-8(7)14-5-11-4-12-14/h1-5,13H,(H2,10,15,16). The molecule has 0 fully saturated rings. The highest BCUT2D eigenvalue weighted by Crippen LogP contribution is 2.17. The summed E-state index contributed by atoms with van der Waals surface area (Å²) >= 11 is 0. The summed E-state index contributed by atoms with van der Waals surface area (Å²) in [4.78, 5) is 3.68. The highest BCUT2D eigenvalue weighted by atomic mass is 32.2. The quantitative estimate of drug-likeness (QED) is 0.809. The van der Waals surface area contributed by atoms with Gasteiger partial charge in [0.15, 0.2) is 5.82 Å². The summed E-state index contributed by atoms with van der Waals surface area (Å²) in [7, 11) is -3.91. The Morgan fingerprint density at radius 2 is 2.18 bits per heavy atom. The van der Waals surface area contributed by atoms with E-state index in [1.807, 2.05) is 4.72 Å². The van der Waals surface area contributed by atoms with Crippen LogP contribution in [-0.4, -0.2) is 23.2 Å². The maximum atomic E-state index is 13.6. The Balaban J connectivity index is 2.36. The van der Waals surface area contributed by atoms with Gasteiger partial charge in [-0.2, -0.15) is 13.5 Å². The number of nitrogens with two attached hydrogens (primary N) is 1. The van der Waals surface area contributed by atoms with E-state index in [9.17, 15) is 12.8 Å². The first kappa shape index (κ1) is 11.5. The molecule has 0 aliphatic rings. The molecule has 1 aromatic carbocycles. The van der Waals surface area contributed by atoms with Crippen LogP contribution in [0.5, 0.6) is 0 Å². The molecule has 0 aliphatic heterocycles. The number of anilines is 1. The molecule has 17 heavy (non-hydrogen) atoms. The zero-order valence-corrected chi connectivity index (χ0v) is 9.22. The predicted molar refractivity (Wildman–Crippen MR) is 58.0 cm³/mol. The van der Waals surface area contributed by atoms with Crippen LogP contribution in [0.2, 0.25) is 0 Å². The van der Waals surface area contributed by atoms with Gasteiger partial charge >= 0.3 is 0 Å². The van der Waals surface area contributed by atoms with Gasteiger partial charge in [0.25, 0.3) is 10.2 Å². The van der Waals surface area contributed by atoms with Crippen molar-refractivity contribution in [3.63, 3.8) is 0 Å². The lowest BCUT2D eigenvalue weighted by molar-refractivity contribution is 0.602. The van der Waals surface area contributed by atoms with Gasteiger partial charge in [0.05, 0.1) is 5.69 Å². The van der Waals surface area contributed by atoms with E-state index in [2.05, 4.69) is 10.1 Å². The summed E-state index contributed by atoms with van der Waals surface area (Å²) in [5, 5.41) is 8.52. The van der Waals surface area contributed by atoms with Crippen LogP contribution < -0.4 is 9.86 Å². The molecular weight excluding hydrogens is 249 g/mol. The van der Waals surface area contributed by atoms with E-state index in [0.29, 0.717) is 0 Å². The molecule has 7 nitrogen and oxygen atoms in total. The Kier molecular flexibility index (Phi) is 2.77. The third-order valence-electron chi connectivity index (χ3n) is 1.87. The zero-order chi connectivity index (χ0) is 12.5. The van der Waals surface area contributed by atoms with Gasteiger partial charge in [0, 0.05) is 6.07 Å². The smallest absolute Gasteiger partial charge is 0.271 e. The lowest BCUT2D eigenvalue weighted by Crippen LogP contribution is -2.21. The van der Waals surface area contributed by atoms with Crippen molar-refractivity contribution in [2.24, 2.45) is 5.14 Å². The van der Waals surface area contributed by atoms with Gasteiger partial charge in [-0.3, -0.25) is 4.72 Å². The molecular formula is C8H8FN5O2S. The van der Waals surface area contributed by atoms with Crippen LogP contribution in [0.3, 0.4) is 0 Å². The maximum Gasteiger partial charge on any atom is 0.296 e. The van der Waals surface area contributed by atoms with Crippen LogP contribution in [0.4, 0.5) is 10.1 Å². The van der Waals surface area contributed by atoms with Crippen molar-refractivity contribution in [3.8, 4) is 5.69 Å². The SMILES string of the molecule is NS(=O)(=O)Nc1ccc(-n2cncn2)c(F)c1. The third kappa shape index (κ3) is 2.77.